The van der Waals surface area contributed by atoms with Gasteiger partial charge in [0.1, 0.15) is 0 Å². The van der Waals surface area contributed by atoms with Crippen molar-refractivity contribution >= 4 is 11.9 Å². The Kier molecular flexibility index (Phi) is 9.39. The molecule has 0 amide bonds. The molecule has 238 valence electrons. The molecule has 0 aromatic carbocycles. The highest BCUT2D eigenvalue weighted by atomic mass is 16.4. The lowest BCUT2D eigenvalue weighted by Gasteiger charge is -2.74. The van der Waals surface area contributed by atoms with Gasteiger partial charge in [-0.15, -0.1) is 0 Å². The van der Waals surface area contributed by atoms with E-state index in [9.17, 15) is 9.59 Å². The SMILES string of the molecule is O=C(O)CCCCCCCCC12CC3CC(C1)CC(C14CC5CC(CC(CCCCCCCCC(=O)O)(C5)C1)C4)(C3)C2. The van der Waals surface area contributed by atoms with Gasteiger partial charge in [-0.25, -0.2) is 0 Å². The maximum atomic E-state index is 10.8. The molecule has 8 rings (SSSR count). The topological polar surface area (TPSA) is 74.6 Å². The molecule has 0 heterocycles. The van der Waals surface area contributed by atoms with Crippen molar-refractivity contribution in [3.63, 3.8) is 0 Å². The summed E-state index contributed by atoms with van der Waals surface area (Å²) in [7, 11) is 0. The summed E-state index contributed by atoms with van der Waals surface area (Å²) in [6, 6.07) is 0. The predicted octanol–water partition coefficient (Wildman–Crippen LogP) is 10.6. The van der Waals surface area contributed by atoms with Gasteiger partial charge in [-0.2, -0.15) is 0 Å². The van der Waals surface area contributed by atoms with Crippen LogP contribution in [0.1, 0.15) is 180 Å². The van der Waals surface area contributed by atoms with Crippen LogP contribution in [0.3, 0.4) is 0 Å². The highest BCUT2D eigenvalue weighted by Gasteiger charge is 2.69. The van der Waals surface area contributed by atoms with Gasteiger partial charge in [0.25, 0.3) is 0 Å². The second kappa shape index (κ2) is 12.7. The van der Waals surface area contributed by atoms with Gasteiger partial charge in [0.2, 0.25) is 0 Å². The molecule has 8 fully saturated rings. The highest BCUT2D eigenvalue weighted by molar-refractivity contribution is 5.66. The average molecular weight is 583 g/mol. The Labute approximate surface area is 256 Å². The van der Waals surface area contributed by atoms with Crippen LogP contribution >= 0.6 is 0 Å². The van der Waals surface area contributed by atoms with Crippen LogP contribution in [0, 0.1) is 45.3 Å². The molecule has 8 saturated carbocycles. The quantitative estimate of drug-likeness (QED) is 0.149. The summed E-state index contributed by atoms with van der Waals surface area (Å²) in [5.74, 6) is 2.80. The minimum atomic E-state index is -0.641. The summed E-state index contributed by atoms with van der Waals surface area (Å²) >= 11 is 0. The number of aliphatic carboxylic acids is 2. The molecule has 0 radical (unpaired) electrons. The van der Waals surface area contributed by atoms with E-state index in [-0.39, 0.29) is 0 Å². The van der Waals surface area contributed by atoms with E-state index < -0.39 is 11.9 Å². The van der Waals surface area contributed by atoms with Crippen LogP contribution in [0.4, 0.5) is 0 Å². The first-order valence-corrected chi connectivity index (χ1v) is 18.7. The molecule has 8 aliphatic rings. The highest BCUT2D eigenvalue weighted by Crippen LogP contribution is 2.79. The van der Waals surface area contributed by atoms with E-state index in [4.69, 9.17) is 10.2 Å². The molecule has 4 unspecified atom stereocenters. The van der Waals surface area contributed by atoms with E-state index in [1.54, 1.807) is 77.0 Å². The molecule has 8 bridgehead atoms. The smallest absolute Gasteiger partial charge is 0.303 e. The first-order valence-electron chi connectivity index (χ1n) is 18.7. The molecule has 0 aromatic heterocycles. The van der Waals surface area contributed by atoms with Crippen molar-refractivity contribution < 1.29 is 19.8 Å². The normalized spacial score (nSPS) is 41.0. The standard InChI is InChI=1S/C38H62O4/c39-33(40)13-9-5-1-3-7-11-15-35-19-29-17-30(20-35)24-37(23-29,27-35)38-25-31-18-32(26-38)22-36(21-31,28-38)16-12-8-4-2-6-10-14-34(41)42/h29-32H,1-28H2,(H,39,40)(H,41,42). The molecule has 4 nitrogen and oxygen atoms in total. The first kappa shape index (κ1) is 30.9. The van der Waals surface area contributed by atoms with Gasteiger partial charge in [0, 0.05) is 12.8 Å². The van der Waals surface area contributed by atoms with Crippen molar-refractivity contribution in [2.24, 2.45) is 45.3 Å². The third kappa shape index (κ3) is 6.63. The Bertz CT molecular complexity index is 849. The zero-order valence-electron chi connectivity index (χ0n) is 26.8. The fraction of sp³-hybridized carbons (Fsp3) is 0.947. The van der Waals surface area contributed by atoms with E-state index in [1.165, 1.54) is 64.2 Å². The Morgan fingerprint density at radius 1 is 0.452 bits per heavy atom. The van der Waals surface area contributed by atoms with Crippen LogP contribution in [0.15, 0.2) is 0 Å². The first-order chi connectivity index (χ1) is 20.2. The Morgan fingerprint density at radius 3 is 1.10 bits per heavy atom. The second-order valence-electron chi connectivity index (χ2n) is 17.5. The number of carboxylic acid groups (broad SMARTS) is 2. The molecular formula is C38H62O4. The van der Waals surface area contributed by atoms with Gasteiger partial charge in [-0.05, 0) is 148 Å². The minimum Gasteiger partial charge on any atom is -0.481 e. The molecule has 0 spiro atoms. The third-order valence-corrected chi connectivity index (χ3v) is 14.2. The lowest BCUT2D eigenvalue weighted by Crippen LogP contribution is -2.64. The number of unbranched alkanes of at least 4 members (excludes halogenated alkanes) is 10. The summed E-state index contributed by atoms with van der Waals surface area (Å²) in [6.07, 6.45) is 36.9. The zero-order valence-corrected chi connectivity index (χ0v) is 26.8. The van der Waals surface area contributed by atoms with Gasteiger partial charge in [0.15, 0.2) is 0 Å². The number of hydrogen-bond donors (Lipinski definition) is 2. The number of hydrogen-bond acceptors (Lipinski definition) is 2. The lowest BCUT2D eigenvalue weighted by atomic mass is 9.31. The van der Waals surface area contributed by atoms with Crippen LogP contribution in [-0.4, -0.2) is 22.2 Å². The van der Waals surface area contributed by atoms with Crippen LogP contribution < -0.4 is 0 Å². The van der Waals surface area contributed by atoms with Crippen molar-refractivity contribution in [3.8, 4) is 0 Å². The van der Waals surface area contributed by atoms with E-state index >= 15 is 0 Å². The Balaban J connectivity index is 1.04. The predicted molar refractivity (Wildman–Crippen MR) is 168 cm³/mol. The lowest BCUT2D eigenvalue weighted by molar-refractivity contribution is -0.240. The summed E-state index contributed by atoms with van der Waals surface area (Å²) in [5.41, 5.74) is 2.65. The van der Waals surface area contributed by atoms with Crippen molar-refractivity contribution in [1.29, 1.82) is 0 Å². The van der Waals surface area contributed by atoms with Gasteiger partial charge in [0.05, 0.1) is 0 Å². The number of rotatable bonds is 19. The van der Waals surface area contributed by atoms with Gasteiger partial charge < -0.3 is 10.2 Å². The van der Waals surface area contributed by atoms with Crippen molar-refractivity contribution in [2.45, 2.75) is 180 Å². The van der Waals surface area contributed by atoms with Crippen LogP contribution in [0.2, 0.25) is 0 Å². The molecule has 4 heteroatoms. The molecule has 2 N–H and O–H groups in total. The van der Waals surface area contributed by atoms with Crippen molar-refractivity contribution in [1.82, 2.24) is 0 Å². The summed E-state index contributed by atoms with van der Waals surface area (Å²) < 4.78 is 0. The fourth-order valence-corrected chi connectivity index (χ4v) is 13.7. The monoisotopic (exact) mass is 582 g/mol. The fourth-order valence-electron chi connectivity index (χ4n) is 13.7. The van der Waals surface area contributed by atoms with Gasteiger partial charge in [-0.3, -0.25) is 9.59 Å². The van der Waals surface area contributed by atoms with Crippen LogP contribution in [0.5, 0.6) is 0 Å². The average Bonchev–Trinajstić information content (AvgIpc) is 2.90. The van der Waals surface area contributed by atoms with Crippen molar-refractivity contribution in [3.05, 3.63) is 0 Å². The Morgan fingerprint density at radius 2 is 0.762 bits per heavy atom. The second-order valence-corrected chi connectivity index (χ2v) is 17.5. The van der Waals surface area contributed by atoms with Gasteiger partial charge >= 0.3 is 11.9 Å². The maximum Gasteiger partial charge on any atom is 0.303 e. The minimum absolute atomic E-state index is 0.342. The molecule has 0 aromatic rings. The third-order valence-electron chi connectivity index (χ3n) is 14.2. The molecule has 42 heavy (non-hydrogen) atoms. The molecule has 0 saturated heterocycles. The molecule has 0 aliphatic heterocycles. The Hall–Kier alpha value is -1.06. The summed E-state index contributed by atoms with van der Waals surface area (Å²) in [4.78, 5) is 21.6. The summed E-state index contributed by atoms with van der Waals surface area (Å²) in [5, 5.41) is 17.8. The van der Waals surface area contributed by atoms with E-state index in [1.807, 2.05) is 0 Å². The molecule has 4 atom stereocenters. The van der Waals surface area contributed by atoms with Gasteiger partial charge in [-0.1, -0.05) is 64.2 Å². The van der Waals surface area contributed by atoms with Crippen LogP contribution in [0.25, 0.3) is 0 Å². The molecular weight excluding hydrogens is 520 g/mol. The largest absolute Gasteiger partial charge is 0.481 e. The number of carboxylic acids is 2. The summed E-state index contributed by atoms with van der Waals surface area (Å²) in [6.45, 7) is 0. The van der Waals surface area contributed by atoms with E-state index in [2.05, 4.69) is 0 Å². The molecule has 8 aliphatic carbocycles. The van der Waals surface area contributed by atoms with Crippen molar-refractivity contribution in [2.75, 3.05) is 0 Å². The van der Waals surface area contributed by atoms with E-state index in [0.29, 0.717) is 34.5 Å². The van der Waals surface area contributed by atoms with Crippen LogP contribution in [-0.2, 0) is 9.59 Å². The maximum absolute atomic E-state index is 10.8. The van der Waals surface area contributed by atoms with E-state index in [0.717, 1.165) is 49.4 Å². The zero-order chi connectivity index (χ0) is 29.3. The number of carbonyl (C=O) groups is 2.